The lowest BCUT2D eigenvalue weighted by atomic mass is 10.0. The molecule has 0 spiro atoms. The third-order valence-electron chi connectivity index (χ3n) is 3.97. The van der Waals surface area contributed by atoms with Gasteiger partial charge in [0.15, 0.2) is 5.76 Å². The van der Waals surface area contributed by atoms with Crippen molar-refractivity contribution in [2.24, 2.45) is 4.99 Å². The number of ether oxygens (including phenoxy) is 1. The molecule has 0 radical (unpaired) electrons. The number of aliphatic imine (C=N–C) groups is 1. The highest BCUT2D eigenvalue weighted by atomic mass is 35.5. The Kier molecular flexibility index (Phi) is 3.20. The fourth-order valence-electron chi connectivity index (χ4n) is 2.98. The molecule has 0 bridgehead atoms. The Labute approximate surface area is 128 Å². The van der Waals surface area contributed by atoms with Crippen LogP contribution < -0.4 is 4.90 Å². The van der Waals surface area contributed by atoms with Crippen LogP contribution in [0.5, 0.6) is 0 Å². The van der Waals surface area contributed by atoms with Gasteiger partial charge in [0.1, 0.15) is 5.71 Å². The van der Waals surface area contributed by atoms with Crippen LogP contribution in [0.25, 0.3) is 0 Å². The van der Waals surface area contributed by atoms with Crippen LogP contribution in [-0.4, -0.2) is 38.1 Å². The zero-order chi connectivity index (χ0) is 14.2. The normalized spacial score (nSPS) is 21.3. The lowest BCUT2D eigenvalue weighted by molar-refractivity contribution is 0.0966. The maximum Gasteiger partial charge on any atom is 0.152 e. The van der Waals surface area contributed by atoms with Gasteiger partial charge in [-0.15, -0.1) is 0 Å². The van der Waals surface area contributed by atoms with Gasteiger partial charge in [0.25, 0.3) is 0 Å². The number of anilines is 1. The summed E-state index contributed by atoms with van der Waals surface area (Å²) in [5.41, 5.74) is 3.05. The molecular formula is C16H15ClN2O2. The van der Waals surface area contributed by atoms with Crippen molar-refractivity contribution in [3.63, 3.8) is 0 Å². The predicted molar refractivity (Wildman–Crippen MR) is 82.6 cm³/mol. The van der Waals surface area contributed by atoms with E-state index in [1.54, 1.807) is 6.26 Å². The lowest BCUT2D eigenvalue weighted by Gasteiger charge is -2.36. The molecule has 5 heteroatoms. The van der Waals surface area contributed by atoms with Crippen LogP contribution in [0, 0.1) is 0 Å². The van der Waals surface area contributed by atoms with Crippen LogP contribution in [0.3, 0.4) is 0 Å². The van der Waals surface area contributed by atoms with E-state index in [4.69, 9.17) is 25.7 Å². The highest BCUT2D eigenvalue weighted by Gasteiger charge is 2.29. The van der Waals surface area contributed by atoms with Crippen molar-refractivity contribution in [1.82, 2.24) is 0 Å². The largest absolute Gasteiger partial charge is 0.463 e. The van der Waals surface area contributed by atoms with Crippen molar-refractivity contribution in [3.05, 3.63) is 52.9 Å². The third-order valence-corrected chi connectivity index (χ3v) is 4.20. The molecule has 2 aliphatic rings. The van der Waals surface area contributed by atoms with Crippen molar-refractivity contribution in [1.29, 1.82) is 0 Å². The smallest absolute Gasteiger partial charge is 0.152 e. The van der Waals surface area contributed by atoms with Gasteiger partial charge < -0.3 is 14.1 Å². The second-order valence-electron chi connectivity index (χ2n) is 5.25. The summed E-state index contributed by atoms with van der Waals surface area (Å²) in [5, 5.41) is 0.708. The van der Waals surface area contributed by atoms with Crippen LogP contribution in [0.4, 0.5) is 5.69 Å². The van der Waals surface area contributed by atoms with Crippen molar-refractivity contribution in [3.8, 4) is 0 Å². The molecule has 0 amide bonds. The quantitative estimate of drug-likeness (QED) is 0.813. The molecule has 1 aromatic carbocycles. The molecule has 2 aliphatic heterocycles. The highest BCUT2D eigenvalue weighted by molar-refractivity contribution is 6.31. The number of rotatable bonds is 1. The molecule has 1 unspecified atom stereocenters. The standard InChI is InChI=1S/C16H15ClN2O2/c17-11-3-4-14-13(8-11)16(15-2-1-6-21-15)18-9-12-10-20-7-5-19(12)14/h1-4,6,8,12H,5,7,9-10H2. The van der Waals surface area contributed by atoms with Gasteiger partial charge in [-0.2, -0.15) is 0 Å². The average Bonchev–Trinajstić information content (AvgIpc) is 2.97. The van der Waals surface area contributed by atoms with Gasteiger partial charge in [0.2, 0.25) is 0 Å². The van der Waals surface area contributed by atoms with Crippen molar-refractivity contribution < 1.29 is 9.15 Å². The van der Waals surface area contributed by atoms with E-state index in [0.717, 1.165) is 35.9 Å². The van der Waals surface area contributed by atoms with Crippen LogP contribution in [0.2, 0.25) is 5.02 Å². The van der Waals surface area contributed by atoms with Gasteiger partial charge in [-0.1, -0.05) is 11.6 Å². The number of furan rings is 1. The van der Waals surface area contributed by atoms with Crippen molar-refractivity contribution in [2.75, 3.05) is 31.2 Å². The number of fused-ring (bicyclic) bond motifs is 3. The summed E-state index contributed by atoms with van der Waals surface area (Å²) in [6.07, 6.45) is 1.67. The zero-order valence-corrected chi connectivity index (χ0v) is 12.2. The molecule has 4 rings (SSSR count). The molecule has 0 aliphatic carbocycles. The first-order valence-corrected chi connectivity index (χ1v) is 7.43. The Balaban J connectivity index is 1.89. The first-order chi connectivity index (χ1) is 10.3. The molecular weight excluding hydrogens is 288 g/mol. The van der Waals surface area contributed by atoms with E-state index in [1.165, 1.54) is 0 Å². The lowest BCUT2D eigenvalue weighted by Crippen LogP contribution is -2.47. The van der Waals surface area contributed by atoms with E-state index in [-0.39, 0.29) is 6.04 Å². The van der Waals surface area contributed by atoms with Crippen molar-refractivity contribution in [2.45, 2.75) is 6.04 Å². The van der Waals surface area contributed by atoms with E-state index in [1.807, 2.05) is 24.3 Å². The fraction of sp³-hybridized carbons (Fsp3) is 0.312. The van der Waals surface area contributed by atoms with Gasteiger partial charge in [0.05, 0.1) is 32.1 Å². The second-order valence-corrected chi connectivity index (χ2v) is 5.69. The maximum absolute atomic E-state index is 6.20. The first-order valence-electron chi connectivity index (χ1n) is 7.05. The van der Waals surface area contributed by atoms with Gasteiger partial charge in [-0.3, -0.25) is 4.99 Å². The van der Waals surface area contributed by atoms with Gasteiger partial charge >= 0.3 is 0 Å². The molecule has 2 aromatic rings. The molecule has 1 saturated heterocycles. The number of hydrogen-bond donors (Lipinski definition) is 0. The van der Waals surface area contributed by atoms with E-state index in [0.29, 0.717) is 18.2 Å². The van der Waals surface area contributed by atoms with E-state index < -0.39 is 0 Å². The average molecular weight is 303 g/mol. The minimum absolute atomic E-state index is 0.270. The number of halogens is 1. The Morgan fingerprint density at radius 2 is 2.24 bits per heavy atom. The van der Waals surface area contributed by atoms with Gasteiger partial charge in [0, 0.05) is 22.8 Å². The summed E-state index contributed by atoms with van der Waals surface area (Å²) in [6, 6.07) is 10.0. The van der Waals surface area contributed by atoms with E-state index in [9.17, 15) is 0 Å². The van der Waals surface area contributed by atoms with Crippen molar-refractivity contribution >= 4 is 23.0 Å². The fourth-order valence-corrected chi connectivity index (χ4v) is 3.15. The molecule has 1 aromatic heterocycles. The highest BCUT2D eigenvalue weighted by Crippen LogP contribution is 2.32. The number of nitrogens with zero attached hydrogens (tertiary/aromatic N) is 2. The SMILES string of the molecule is Clc1ccc2c(c1)C(c1ccco1)=NCC1COCCN21. The predicted octanol–water partition coefficient (Wildman–Crippen LogP) is 2.99. The minimum atomic E-state index is 0.270. The monoisotopic (exact) mass is 302 g/mol. The molecule has 108 valence electrons. The minimum Gasteiger partial charge on any atom is -0.463 e. The van der Waals surface area contributed by atoms with Crippen LogP contribution in [0.15, 0.2) is 46.0 Å². The summed E-state index contributed by atoms with van der Waals surface area (Å²) in [5.74, 6) is 0.777. The molecule has 0 saturated carbocycles. The Bertz CT molecular complexity index is 682. The molecule has 1 fully saturated rings. The second kappa shape index (κ2) is 5.20. The number of morpholine rings is 1. The number of hydrogen-bond acceptors (Lipinski definition) is 4. The molecule has 1 atom stereocenters. The van der Waals surface area contributed by atoms with Gasteiger partial charge in [-0.25, -0.2) is 0 Å². The number of benzene rings is 1. The molecule has 21 heavy (non-hydrogen) atoms. The molecule has 4 nitrogen and oxygen atoms in total. The maximum atomic E-state index is 6.20. The molecule has 0 N–H and O–H groups in total. The topological polar surface area (TPSA) is 38.0 Å². The van der Waals surface area contributed by atoms with Gasteiger partial charge in [-0.05, 0) is 30.3 Å². The Hall–Kier alpha value is -1.78. The van der Waals surface area contributed by atoms with Crippen LogP contribution in [-0.2, 0) is 4.74 Å². The summed E-state index contributed by atoms with van der Waals surface area (Å²) in [6.45, 7) is 3.02. The summed E-state index contributed by atoms with van der Waals surface area (Å²) >= 11 is 6.20. The Morgan fingerprint density at radius 3 is 3.10 bits per heavy atom. The van der Waals surface area contributed by atoms with Crippen LogP contribution in [0.1, 0.15) is 11.3 Å². The Morgan fingerprint density at radius 1 is 1.29 bits per heavy atom. The zero-order valence-electron chi connectivity index (χ0n) is 11.5. The van der Waals surface area contributed by atoms with E-state index >= 15 is 0 Å². The molecule has 3 heterocycles. The summed E-state index contributed by atoms with van der Waals surface area (Å²) in [4.78, 5) is 7.14. The van der Waals surface area contributed by atoms with E-state index in [2.05, 4.69) is 11.0 Å². The van der Waals surface area contributed by atoms with Crippen LogP contribution >= 0.6 is 11.6 Å². The summed E-state index contributed by atoms with van der Waals surface area (Å²) in [7, 11) is 0. The summed E-state index contributed by atoms with van der Waals surface area (Å²) < 4.78 is 11.2. The third kappa shape index (κ3) is 2.24. The first kappa shape index (κ1) is 12.9.